The Morgan fingerprint density at radius 3 is 2.37 bits per heavy atom. The average Bonchev–Trinajstić information content (AvgIpc) is 3.35. The van der Waals surface area contributed by atoms with Gasteiger partial charge in [0.25, 0.3) is 0 Å². The number of nitrogens with zero attached hydrogens (tertiary/aromatic N) is 2. The standard InChI is InChI=1S/C22H28N2O5S/c1-13-11-23(20(30)24(13)14-9-7-6-8-10-14)16-17(15-12-25-21(2,3)27-15)26-19-18(16)28-22(4,5)29-19/h6-11,15-19H,12H2,1-5H3/t15-,16-,17-,18-,19-/m1/s1. The average molecular weight is 433 g/mol. The van der Waals surface area contributed by atoms with Gasteiger partial charge in [-0.05, 0) is 59.0 Å². The van der Waals surface area contributed by atoms with Gasteiger partial charge in [0.1, 0.15) is 18.3 Å². The zero-order valence-corrected chi connectivity index (χ0v) is 18.7. The summed E-state index contributed by atoms with van der Waals surface area (Å²) in [5, 5.41) is 0. The van der Waals surface area contributed by atoms with Crippen molar-refractivity contribution in [2.75, 3.05) is 6.61 Å². The lowest BCUT2D eigenvalue weighted by atomic mass is 10.0. The van der Waals surface area contributed by atoms with Crippen molar-refractivity contribution in [3.8, 4) is 5.69 Å². The van der Waals surface area contributed by atoms with Crippen LogP contribution in [0.25, 0.3) is 5.69 Å². The molecule has 2 aromatic rings. The minimum absolute atomic E-state index is 0.199. The van der Waals surface area contributed by atoms with E-state index in [9.17, 15) is 0 Å². The number of para-hydroxylation sites is 1. The van der Waals surface area contributed by atoms with Gasteiger partial charge in [0, 0.05) is 17.6 Å². The third-order valence-corrected chi connectivity index (χ3v) is 6.27. The third kappa shape index (κ3) is 3.36. The highest BCUT2D eigenvalue weighted by Crippen LogP contribution is 2.46. The maximum Gasteiger partial charge on any atom is 0.189 e. The van der Waals surface area contributed by atoms with E-state index in [0.29, 0.717) is 11.4 Å². The predicted octanol–water partition coefficient (Wildman–Crippen LogP) is 3.89. The molecular formula is C22H28N2O5S. The quantitative estimate of drug-likeness (QED) is 0.686. The molecule has 7 nitrogen and oxygen atoms in total. The van der Waals surface area contributed by atoms with Crippen LogP contribution < -0.4 is 0 Å². The number of hydrogen-bond acceptors (Lipinski definition) is 6. The fourth-order valence-corrected chi connectivity index (χ4v) is 5.13. The molecule has 4 heterocycles. The van der Waals surface area contributed by atoms with Crippen molar-refractivity contribution in [3.63, 3.8) is 0 Å². The second-order valence-electron chi connectivity index (χ2n) is 9.06. The van der Waals surface area contributed by atoms with Gasteiger partial charge in [0.2, 0.25) is 0 Å². The molecule has 5 rings (SSSR count). The Bertz CT molecular complexity index is 999. The minimum Gasteiger partial charge on any atom is -0.348 e. The molecule has 30 heavy (non-hydrogen) atoms. The maximum absolute atomic E-state index is 6.35. The van der Waals surface area contributed by atoms with E-state index >= 15 is 0 Å². The van der Waals surface area contributed by atoms with Gasteiger partial charge in [-0.25, -0.2) is 0 Å². The maximum atomic E-state index is 6.35. The first-order chi connectivity index (χ1) is 14.2. The zero-order chi connectivity index (χ0) is 21.3. The highest BCUT2D eigenvalue weighted by Gasteiger charge is 2.59. The minimum atomic E-state index is -0.718. The molecule has 8 heteroatoms. The Balaban J connectivity index is 1.57. The monoisotopic (exact) mass is 432 g/mol. The van der Waals surface area contributed by atoms with Gasteiger partial charge in [0.15, 0.2) is 22.6 Å². The molecule has 0 N–H and O–H groups in total. The molecule has 162 valence electrons. The zero-order valence-electron chi connectivity index (χ0n) is 17.9. The first-order valence-electron chi connectivity index (χ1n) is 10.3. The van der Waals surface area contributed by atoms with Crippen LogP contribution in [0.1, 0.15) is 39.4 Å². The first-order valence-corrected chi connectivity index (χ1v) is 10.7. The Morgan fingerprint density at radius 2 is 1.70 bits per heavy atom. The van der Waals surface area contributed by atoms with E-state index in [-0.39, 0.29) is 24.4 Å². The normalized spacial score (nSPS) is 34.4. The molecular weight excluding hydrogens is 404 g/mol. The molecule has 0 aliphatic carbocycles. The second-order valence-corrected chi connectivity index (χ2v) is 9.42. The fourth-order valence-electron chi connectivity index (χ4n) is 4.70. The van der Waals surface area contributed by atoms with Crippen LogP contribution in [-0.2, 0) is 23.7 Å². The lowest BCUT2D eigenvalue weighted by Gasteiger charge is -2.29. The van der Waals surface area contributed by atoms with Crippen molar-refractivity contribution in [1.29, 1.82) is 0 Å². The highest BCUT2D eigenvalue weighted by atomic mass is 32.1. The topological polar surface area (TPSA) is 56.0 Å². The SMILES string of the molecule is Cc1cn([C@H]2[C@H]3OC(C)(C)O[C@H]3O[C@@H]2[C@H]2COC(C)(C)O2)c(=S)n1-c1ccccc1. The van der Waals surface area contributed by atoms with E-state index in [4.69, 9.17) is 35.9 Å². The van der Waals surface area contributed by atoms with E-state index < -0.39 is 17.9 Å². The summed E-state index contributed by atoms with van der Waals surface area (Å²) in [5.74, 6) is -1.37. The summed E-state index contributed by atoms with van der Waals surface area (Å²) in [7, 11) is 0. The number of hydrogen-bond donors (Lipinski definition) is 0. The smallest absolute Gasteiger partial charge is 0.189 e. The van der Waals surface area contributed by atoms with Crippen LogP contribution in [0, 0.1) is 11.7 Å². The van der Waals surface area contributed by atoms with Gasteiger partial charge in [-0.1, -0.05) is 18.2 Å². The van der Waals surface area contributed by atoms with Crippen LogP contribution in [0.3, 0.4) is 0 Å². The third-order valence-electron chi connectivity index (χ3n) is 5.88. The van der Waals surface area contributed by atoms with Crippen molar-refractivity contribution >= 4 is 12.2 Å². The molecule has 3 saturated heterocycles. The van der Waals surface area contributed by atoms with E-state index in [1.807, 2.05) is 58.0 Å². The van der Waals surface area contributed by atoms with Crippen LogP contribution >= 0.6 is 12.2 Å². The number of ether oxygens (including phenoxy) is 5. The molecule has 3 aliphatic rings. The fraction of sp³-hybridized carbons (Fsp3) is 0.591. The van der Waals surface area contributed by atoms with Crippen molar-refractivity contribution < 1.29 is 23.7 Å². The Labute approximate surface area is 181 Å². The first kappa shape index (κ1) is 20.4. The number of imidazole rings is 1. The van der Waals surface area contributed by atoms with Gasteiger partial charge in [-0.15, -0.1) is 0 Å². The number of benzene rings is 1. The summed E-state index contributed by atoms with van der Waals surface area (Å²) >= 11 is 5.92. The van der Waals surface area contributed by atoms with Crippen molar-refractivity contribution in [2.45, 2.75) is 76.8 Å². The molecule has 3 aliphatic heterocycles. The molecule has 0 spiro atoms. The summed E-state index contributed by atoms with van der Waals surface area (Å²) in [5.41, 5.74) is 2.06. The predicted molar refractivity (Wildman–Crippen MR) is 112 cm³/mol. The van der Waals surface area contributed by atoms with Crippen LogP contribution in [0.5, 0.6) is 0 Å². The lowest BCUT2D eigenvalue weighted by Crippen LogP contribution is -2.40. The van der Waals surface area contributed by atoms with Crippen LogP contribution in [0.15, 0.2) is 36.5 Å². The summed E-state index contributed by atoms with van der Waals surface area (Å²) in [6.07, 6.45) is 0.734. The molecule has 1 aromatic heterocycles. The van der Waals surface area contributed by atoms with E-state index in [1.165, 1.54) is 0 Å². The van der Waals surface area contributed by atoms with Gasteiger partial charge < -0.3 is 28.3 Å². The molecule has 5 atom stereocenters. The van der Waals surface area contributed by atoms with Crippen molar-refractivity contribution in [1.82, 2.24) is 9.13 Å². The highest BCUT2D eigenvalue weighted by molar-refractivity contribution is 7.71. The summed E-state index contributed by atoms with van der Waals surface area (Å²) < 4.78 is 35.4. The molecule has 0 saturated carbocycles. The molecule has 3 fully saturated rings. The Morgan fingerprint density at radius 1 is 0.967 bits per heavy atom. The van der Waals surface area contributed by atoms with Gasteiger partial charge in [0.05, 0.1) is 12.6 Å². The Kier molecular flexibility index (Phi) is 4.74. The molecule has 0 radical (unpaired) electrons. The molecule has 0 bridgehead atoms. The number of rotatable bonds is 3. The van der Waals surface area contributed by atoms with Crippen LogP contribution in [0.2, 0.25) is 0 Å². The van der Waals surface area contributed by atoms with Gasteiger partial charge in [-0.3, -0.25) is 4.57 Å². The van der Waals surface area contributed by atoms with E-state index in [0.717, 1.165) is 11.4 Å². The van der Waals surface area contributed by atoms with Gasteiger partial charge in [-0.2, -0.15) is 0 Å². The van der Waals surface area contributed by atoms with Crippen molar-refractivity contribution in [2.24, 2.45) is 0 Å². The molecule has 0 amide bonds. The Hall–Kier alpha value is -1.55. The number of aromatic nitrogens is 2. The summed E-state index contributed by atoms with van der Waals surface area (Å²) in [6, 6.07) is 9.91. The number of aryl methyl sites for hydroxylation is 1. The largest absolute Gasteiger partial charge is 0.348 e. The van der Waals surface area contributed by atoms with E-state index in [1.54, 1.807) is 0 Å². The van der Waals surface area contributed by atoms with Crippen molar-refractivity contribution in [3.05, 3.63) is 47.0 Å². The van der Waals surface area contributed by atoms with Crippen LogP contribution in [0.4, 0.5) is 0 Å². The molecule has 1 aromatic carbocycles. The lowest BCUT2D eigenvalue weighted by molar-refractivity contribution is -0.225. The van der Waals surface area contributed by atoms with Crippen LogP contribution in [-0.4, -0.2) is 51.9 Å². The van der Waals surface area contributed by atoms with Gasteiger partial charge >= 0.3 is 0 Å². The second kappa shape index (κ2) is 6.98. The van der Waals surface area contributed by atoms with E-state index in [2.05, 4.69) is 22.3 Å². The number of fused-ring (bicyclic) bond motifs is 1. The molecule has 0 unspecified atom stereocenters. The summed E-state index contributed by atoms with van der Waals surface area (Å²) in [6.45, 7) is 10.1. The summed E-state index contributed by atoms with van der Waals surface area (Å²) in [4.78, 5) is 0.